The Morgan fingerprint density at radius 2 is 1.91 bits per heavy atom. The third-order valence-corrected chi connectivity index (χ3v) is 5.78. The van der Waals surface area contributed by atoms with E-state index in [-0.39, 0.29) is 17.7 Å². The molecule has 2 N–H and O–H groups in total. The number of rotatable bonds is 4. The second kappa shape index (κ2) is 8.75. The molecule has 8 nitrogen and oxygen atoms in total. The smallest absolute Gasteiger partial charge is 0.412 e. The molecule has 2 amide bonds. The number of carbonyl (C=O) groups excluding carboxylic acids is 2. The van der Waals surface area contributed by atoms with Gasteiger partial charge in [-0.1, -0.05) is 0 Å². The van der Waals surface area contributed by atoms with E-state index in [0.717, 1.165) is 27.6 Å². The summed E-state index contributed by atoms with van der Waals surface area (Å²) in [6.07, 6.45) is 5.16. The molecule has 0 spiro atoms. The molecule has 0 bridgehead atoms. The van der Waals surface area contributed by atoms with E-state index in [2.05, 4.69) is 26.7 Å². The molecule has 2 aromatic heterocycles. The number of carbonyl (C=O) groups is 2. The molecule has 1 aliphatic rings. The van der Waals surface area contributed by atoms with Crippen molar-refractivity contribution in [2.45, 2.75) is 46.6 Å². The number of amides is 2. The summed E-state index contributed by atoms with van der Waals surface area (Å²) in [6, 6.07) is 7.83. The number of hydrogen-bond donors (Lipinski definition) is 2. The van der Waals surface area contributed by atoms with Gasteiger partial charge in [-0.2, -0.15) is 5.26 Å². The number of aromatic nitrogens is 2. The summed E-state index contributed by atoms with van der Waals surface area (Å²) >= 11 is 0. The van der Waals surface area contributed by atoms with E-state index in [9.17, 15) is 9.59 Å². The number of nitriles is 1. The Kier molecular flexibility index (Phi) is 5.96. The highest BCUT2D eigenvalue weighted by Gasteiger charge is 2.43. The summed E-state index contributed by atoms with van der Waals surface area (Å²) < 4.78 is 5.48. The number of nitrogens with zero attached hydrogens (tertiary/aromatic N) is 3. The molecule has 2 atom stereocenters. The fourth-order valence-electron chi connectivity index (χ4n) is 3.91. The van der Waals surface area contributed by atoms with E-state index < -0.39 is 11.7 Å². The Morgan fingerprint density at radius 1 is 1.15 bits per heavy atom. The number of aryl methyl sites for hydroxylation is 1. The van der Waals surface area contributed by atoms with E-state index in [4.69, 9.17) is 10.00 Å². The fourth-order valence-corrected chi connectivity index (χ4v) is 3.91. The number of ether oxygens (including phenoxy) is 1. The van der Waals surface area contributed by atoms with Crippen LogP contribution >= 0.6 is 0 Å². The molecule has 0 radical (unpaired) electrons. The maximum absolute atomic E-state index is 12.6. The number of nitrogens with one attached hydrogen (secondary N) is 2. The molecule has 1 aliphatic carbocycles. The highest BCUT2D eigenvalue weighted by Crippen LogP contribution is 2.40. The normalized spacial score (nSPS) is 17.1. The Labute approximate surface area is 198 Å². The molecule has 0 saturated heterocycles. The fraction of sp³-hybridized carbons (Fsp3) is 0.346. The van der Waals surface area contributed by atoms with Crippen LogP contribution in [0.5, 0.6) is 0 Å². The van der Waals surface area contributed by atoms with Crippen LogP contribution in [0, 0.1) is 37.0 Å². The van der Waals surface area contributed by atoms with Crippen LogP contribution in [-0.4, -0.2) is 27.6 Å². The molecular formula is C26H27N5O3. The summed E-state index contributed by atoms with van der Waals surface area (Å²) in [7, 11) is 0. The van der Waals surface area contributed by atoms with Crippen molar-refractivity contribution >= 4 is 34.3 Å². The third-order valence-electron chi connectivity index (χ3n) is 5.78. The Balaban J connectivity index is 1.79. The maximum Gasteiger partial charge on any atom is 0.412 e. The Bertz CT molecular complexity index is 1340. The molecule has 4 rings (SSSR count). The third kappa shape index (κ3) is 4.84. The lowest BCUT2D eigenvalue weighted by Crippen LogP contribution is -2.27. The van der Waals surface area contributed by atoms with E-state index in [1.165, 1.54) is 0 Å². The Hall–Kier alpha value is -3.99. The van der Waals surface area contributed by atoms with Gasteiger partial charge < -0.3 is 10.1 Å². The van der Waals surface area contributed by atoms with Gasteiger partial charge in [0.25, 0.3) is 0 Å². The van der Waals surface area contributed by atoms with Gasteiger partial charge in [0, 0.05) is 29.5 Å². The van der Waals surface area contributed by atoms with E-state index in [0.29, 0.717) is 23.3 Å². The van der Waals surface area contributed by atoms with Gasteiger partial charge in [-0.15, -0.1) is 0 Å². The lowest BCUT2D eigenvalue weighted by molar-refractivity contribution is -0.117. The predicted octanol–water partition coefficient (Wildman–Crippen LogP) is 5.36. The van der Waals surface area contributed by atoms with Crippen LogP contribution in [0.4, 0.5) is 16.3 Å². The molecule has 3 aromatic rings. The second-order valence-corrected chi connectivity index (χ2v) is 9.60. The molecule has 34 heavy (non-hydrogen) atoms. The van der Waals surface area contributed by atoms with Gasteiger partial charge in [-0.05, 0) is 81.3 Å². The first-order valence-electron chi connectivity index (χ1n) is 11.1. The van der Waals surface area contributed by atoms with Crippen molar-refractivity contribution < 1.29 is 14.3 Å². The van der Waals surface area contributed by atoms with Gasteiger partial charge in [0.05, 0.1) is 23.6 Å². The van der Waals surface area contributed by atoms with Crippen LogP contribution in [0.15, 0.2) is 36.8 Å². The minimum absolute atomic E-state index is 0.207. The molecule has 8 heteroatoms. The molecule has 1 fully saturated rings. The first kappa shape index (κ1) is 23.2. The highest BCUT2D eigenvalue weighted by atomic mass is 16.6. The zero-order valence-electron chi connectivity index (χ0n) is 19.9. The van der Waals surface area contributed by atoms with Crippen molar-refractivity contribution in [1.82, 2.24) is 9.97 Å². The van der Waals surface area contributed by atoms with Gasteiger partial charge in [-0.25, -0.2) is 9.78 Å². The van der Waals surface area contributed by atoms with Crippen LogP contribution in [-0.2, 0) is 9.53 Å². The van der Waals surface area contributed by atoms with Gasteiger partial charge in [0.1, 0.15) is 11.4 Å². The number of pyridine rings is 2. The monoisotopic (exact) mass is 457 g/mol. The number of fused-ring (bicyclic) bond motifs is 1. The van der Waals surface area contributed by atoms with Crippen LogP contribution in [0.3, 0.4) is 0 Å². The molecule has 1 aromatic carbocycles. The van der Waals surface area contributed by atoms with Crippen molar-refractivity contribution in [2.75, 3.05) is 10.6 Å². The molecular weight excluding hydrogens is 430 g/mol. The number of anilines is 2. The summed E-state index contributed by atoms with van der Waals surface area (Å²) in [5.41, 5.74) is 3.67. The van der Waals surface area contributed by atoms with Gasteiger partial charge in [0.15, 0.2) is 0 Å². The van der Waals surface area contributed by atoms with Gasteiger partial charge in [0.2, 0.25) is 5.91 Å². The highest BCUT2D eigenvalue weighted by molar-refractivity contribution is 6.06. The van der Waals surface area contributed by atoms with Crippen molar-refractivity contribution in [2.24, 2.45) is 11.8 Å². The average Bonchev–Trinajstić information content (AvgIpc) is 3.55. The predicted molar refractivity (Wildman–Crippen MR) is 130 cm³/mol. The summed E-state index contributed by atoms with van der Waals surface area (Å²) in [4.78, 5) is 33.7. The molecule has 174 valence electrons. The second-order valence-electron chi connectivity index (χ2n) is 9.60. The average molecular weight is 458 g/mol. The topological polar surface area (TPSA) is 117 Å². The van der Waals surface area contributed by atoms with E-state index in [1.807, 2.05) is 26.0 Å². The van der Waals surface area contributed by atoms with E-state index >= 15 is 0 Å². The first-order chi connectivity index (χ1) is 16.1. The summed E-state index contributed by atoms with van der Waals surface area (Å²) in [5, 5.41) is 16.2. The van der Waals surface area contributed by atoms with Crippen LogP contribution < -0.4 is 10.6 Å². The maximum atomic E-state index is 12.6. The van der Waals surface area contributed by atoms with Crippen LogP contribution in [0.2, 0.25) is 0 Å². The molecule has 1 saturated carbocycles. The molecule has 0 aliphatic heterocycles. The molecule has 2 heterocycles. The quantitative estimate of drug-likeness (QED) is 0.545. The Morgan fingerprint density at radius 3 is 2.56 bits per heavy atom. The number of hydrogen-bond acceptors (Lipinski definition) is 6. The molecule has 2 unspecified atom stereocenters. The van der Waals surface area contributed by atoms with Crippen molar-refractivity contribution in [3.8, 4) is 17.2 Å². The minimum Gasteiger partial charge on any atom is -0.444 e. The van der Waals surface area contributed by atoms with Gasteiger partial charge in [-0.3, -0.25) is 15.1 Å². The summed E-state index contributed by atoms with van der Waals surface area (Å²) in [5.74, 6) is -0.339. The lowest BCUT2D eigenvalue weighted by atomic mass is 9.93. The SMILES string of the molecule is Cc1ccncc1-c1cc2cc(NC(=O)C3CC3C#N)ncc2c(NC(=O)OC(C)(C)C)c1C. The van der Waals surface area contributed by atoms with E-state index in [1.54, 1.807) is 45.4 Å². The first-order valence-corrected chi connectivity index (χ1v) is 11.1. The van der Waals surface area contributed by atoms with Crippen molar-refractivity contribution in [3.05, 3.63) is 47.9 Å². The lowest BCUT2D eigenvalue weighted by Gasteiger charge is -2.22. The van der Waals surface area contributed by atoms with Crippen molar-refractivity contribution in [3.63, 3.8) is 0 Å². The zero-order chi connectivity index (χ0) is 24.6. The largest absolute Gasteiger partial charge is 0.444 e. The van der Waals surface area contributed by atoms with Gasteiger partial charge >= 0.3 is 6.09 Å². The van der Waals surface area contributed by atoms with Crippen LogP contribution in [0.25, 0.3) is 21.9 Å². The standard InChI is InChI=1S/C26H27N5O3/c1-14-6-7-28-12-20(14)18-8-16-10-22(30-24(32)19-9-17(19)11-27)29-13-21(16)23(15(18)2)31-25(33)34-26(3,4)5/h6-8,10,12-13,17,19H,9H2,1-5H3,(H,31,33)(H,29,30,32). The zero-order valence-corrected chi connectivity index (χ0v) is 19.9. The number of benzene rings is 1. The van der Waals surface area contributed by atoms with Crippen molar-refractivity contribution in [1.29, 1.82) is 5.26 Å². The summed E-state index contributed by atoms with van der Waals surface area (Å²) in [6.45, 7) is 9.35. The van der Waals surface area contributed by atoms with Crippen LogP contribution in [0.1, 0.15) is 38.3 Å². The minimum atomic E-state index is -0.648.